The second-order valence-electron chi connectivity index (χ2n) is 11.5. The summed E-state index contributed by atoms with van der Waals surface area (Å²) in [4.78, 5) is 0. The normalized spacial score (nSPS) is 15.6. The van der Waals surface area contributed by atoms with Crippen molar-refractivity contribution in [1.82, 2.24) is 0 Å². The summed E-state index contributed by atoms with van der Waals surface area (Å²) in [5, 5.41) is 6.25. The Bertz CT molecular complexity index is 1720. The first-order valence-corrected chi connectivity index (χ1v) is 13.1. The maximum absolute atomic E-state index is 5.31. The number of rotatable bonds is 3. The van der Waals surface area contributed by atoms with Gasteiger partial charge in [-0.2, -0.15) is 0 Å². The zero-order chi connectivity index (χ0) is 25.5. The molecular weight excluding hydrogens is 450 g/mol. The zero-order valence-electron chi connectivity index (χ0n) is 22.1. The Morgan fingerprint density at radius 1 is 0.568 bits per heavy atom. The van der Waals surface area contributed by atoms with Crippen LogP contribution in [0.15, 0.2) is 91.0 Å². The number of methoxy groups -OCH3 is 1. The third-order valence-electron chi connectivity index (χ3n) is 8.74. The van der Waals surface area contributed by atoms with Gasteiger partial charge in [-0.15, -0.1) is 0 Å². The van der Waals surface area contributed by atoms with Gasteiger partial charge in [0.15, 0.2) is 0 Å². The fourth-order valence-electron chi connectivity index (χ4n) is 6.65. The van der Waals surface area contributed by atoms with Gasteiger partial charge >= 0.3 is 0 Å². The van der Waals surface area contributed by atoms with Crippen LogP contribution < -0.4 is 10.1 Å². The van der Waals surface area contributed by atoms with Gasteiger partial charge in [0.1, 0.15) is 5.75 Å². The van der Waals surface area contributed by atoms with E-state index in [0.717, 1.165) is 17.1 Å². The number of hydrogen-bond donors (Lipinski definition) is 1. The molecule has 2 nitrogen and oxygen atoms in total. The minimum Gasteiger partial charge on any atom is -0.497 e. The number of ether oxygens (including phenoxy) is 1. The van der Waals surface area contributed by atoms with E-state index in [1.807, 2.05) is 12.1 Å². The molecule has 0 saturated heterocycles. The Morgan fingerprint density at radius 2 is 1.22 bits per heavy atom. The molecular formula is C35H31NO. The molecule has 0 atom stereocenters. The van der Waals surface area contributed by atoms with Gasteiger partial charge in [-0.05, 0) is 104 Å². The van der Waals surface area contributed by atoms with Crippen molar-refractivity contribution in [2.75, 3.05) is 12.4 Å². The lowest BCUT2D eigenvalue weighted by molar-refractivity contribution is 0.415. The van der Waals surface area contributed by atoms with Gasteiger partial charge in [0.05, 0.1) is 7.11 Å². The third kappa shape index (κ3) is 3.05. The van der Waals surface area contributed by atoms with Crippen LogP contribution in [0.2, 0.25) is 0 Å². The highest BCUT2D eigenvalue weighted by Crippen LogP contribution is 2.57. The predicted octanol–water partition coefficient (Wildman–Crippen LogP) is 9.20. The van der Waals surface area contributed by atoms with Crippen molar-refractivity contribution in [2.45, 2.75) is 38.5 Å². The lowest BCUT2D eigenvalue weighted by Gasteiger charge is -2.24. The maximum Gasteiger partial charge on any atom is 0.119 e. The summed E-state index contributed by atoms with van der Waals surface area (Å²) >= 11 is 0. The number of benzene rings is 5. The van der Waals surface area contributed by atoms with E-state index in [1.54, 1.807) is 7.11 Å². The summed E-state index contributed by atoms with van der Waals surface area (Å²) < 4.78 is 5.31. The van der Waals surface area contributed by atoms with Crippen molar-refractivity contribution >= 4 is 22.1 Å². The summed E-state index contributed by atoms with van der Waals surface area (Å²) in [6, 6.07) is 33.3. The predicted molar refractivity (Wildman–Crippen MR) is 155 cm³/mol. The third-order valence-corrected chi connectivity index (χ3v) is 8.74. The number of nitrogens with one attached hydrogen (secondary N) is 1. The molecule has 0 radical (unpaired) electrons. The summed E-state index contributed by atoms with van der Waals surface area (Å²) in [5.74, 6) is 0.862. The first-order chi connectivity index (χ1) is 17.8. The molecule has 7 rings (SSSR count). The van der Waals surface area contributed by atoms with E-state index in [9.17, 15) is 0 Å². The van der Waals surface area contributed by atoms with Gasteiger partial charge < -0.3 is 10.1 Å². The van der Waals surface area contributed by atoms with Crippen molar-refractivity contribution in [3.8, 4) is 28.0 Å². The molecule has 1 N–H and O–H groups in total. The van der Waals surface area contributed by atoms with Crippen LogP contribution in [0.25, 0.3) is 33.0 Å². The Labute approximate surface area is 218 Å². The number of fused-ring (bicyclic) bond motifs is 8. The molecule has 37 heavy (non-hydrogen) atoms. The van der Waals surface area contributed by atoms with Crippen molar-refractivity contribution in [2.24, 2.45) is 0 Å². The van der Waals surface area contributed by atoms with Crippen molar-refractivity contribution < 1.29 is 4.74 Å². The fraction of sp³-hybridized carbons (Fsp3) is 0.200. The molecule has 5 aromatic rings. The molecule has 0 aliphatic heterocycles. The molecule has 2 heteroatoms. The van der Waals surface area contributed by atoms with Gasteiger partial charge in [0.2, 0.25) is 0 Å². The smallest absolute Gasteiger partial charge is 0.119 e. The minimum atomic E-state index is -0.0885. The summed E-state index contributed by atoms with van der Waals surface area (Å²) in [6.07, 6.45) is 0. The van der Waals surface area contributed by atoms with E-state index in [4.69, 9.17) is 4.74 Å². The quantitative estimate of drug-likeness (QED) is 0.277. The highest BCUT2D eigenvalue weighted by atomic mass is 16.5. The molecule has 0 saturated carbocycles. The SMILES string of the molecule is COc1ccc(Nc2ccc3c(c2)C(C)(C)c2cc4c(cc2-3)C(C)(C)c2ccc3ccccc3c2-4)cc1. The molecule has 2 aliphatic rings. The molecule has 0 heterocycles. The summed E-state index contributed by atoms with van der Waals surface area (Å²) in [5.41, 5.74) is 13.2. The molecule has 182 valence electrons. The molecule has 0 amide bonds. The zero-order valence-corrected chi connectivity index (χ0v) is 22.1. The van der Waals surface area contributed by atoms with Crippen LogP contribution in [-0.4, -0.2) is 7.11 Å². The van der Waals surface area contributed by atoms with Crippen molar-refractivity contribution in [3.63, 3.8) is 0 Å². The van der Waals surface area contributed by atoms with Gasteiger partial charge in [0, 0.05) is 22.2 Å². The molecule has 5 aromatic carbocycles. The van der Waals surface area contributed by atoms with Crippen molar-refractivity contribution in [1.29, 1.82) is 0 Å². The van der Waals surface area contributed by atoms with Crippen molar-refractivity contribution in [3.05, 3.63) is 113 Å². The molecule has 0 aromatic heterocycles. The molecule has 2 aliphatic carbocycles. The fourth-order valence-corrected chi connectivity index (χ4v) is 6.65. The Kier molecular flexibility index (Phi) is 4.49. The van der Waals surface area contributed by atoms with Crippen LogP contribution >= 0.6 is 0 Å². The summed E-state index contributed by atoms with van der Waals surface area (Å²) in [7, 11) is 1.70. The highest BCUT2D eigenvalue weighted by molar-refractivity contribution is 6.03. The average molecular weight is 482 g/mol. The number of anilines is 2. The van der Waals surface area contributed by atoms with E-state index >= 15 is 0 Å². The Morgan fingerprint density at radius 3 is 2.00 bits per heavy atom. The monoisotopic (exact) mass is 481 g/mol. The topological polar surface area (TPSA) is 21.3 Å². The second-order valence-corrected chi connectivity index (χ2v) is 11.5. The molecule has 0 spiro atoms. The van der Waals surface area contributed by atoms with Crippen LogP contribution in [0.5, 0.6) is 5.75 Å². The maximum atomic E-state index is 5.31. The van der Waals surface area contributed by atoms with E-state index in [2.05, 4.69) is 112 Å². The van der Waals surface area contributed by atoms with Crippen LogP contribution in [0.3, 0.4) is 0 Å². The first kappa shape index (κ1) is 22.2. The van der Waals surface area contributed by atoms with E-state index in [-0.39, 0.29) is 10.8 Å². The number of hydrogen-bond acceptors (Lipinski definition) is 2. The second kappa shape index (κ2) is 7.49. The van der Waals surface area contributed by atoms with Crippen LogP contribution in [-0.2, 0) is 10.8 Å². The lowest BCUT2D eigenvalue weighted by atomic mass is 9.79. The Hall–Kier alpha value is -4.04. The standard InChI is InChI=1S/C35H31NO/c1-34(2)29-17-10-21-8-6-7-9-25(21)33(29)28-20-31-27(19-32(28)34)26-16-13-23(18-30(26)35(31,3)4)36-22-11-14-24(37-5)15-12-22/h6-20,36H,1-5H3. The van der Waals surface area contributed by atoms with Gasteiger partial charge in [-0.3, -0.25) is 0 Å². The van der Waals surface area contributed by atoms with Crippen LogP contribution in [0, 0.1) is 0 Å². The van der Waals surface area contributed by atoms with E-state index in [0.29, 0.717) is 0 Å². The van der Waals surface area contributed by atoms with Gasteiger partial charge in [-0.1, -0.05) is 70.2 Å². The molecule has 0 bridgehead atoms. The van der Waals surface area contributed by atoms with Crippen LogP contribution in [0.4, 0.5) is 11.4 Å². The van der Waals surface area contributed by atoms with E-state index in [1.165, 1.54) is 55.3 Å². The van der Waals surface area contributed by atoms with E-state index < -0.39 is 0 Å². The Balaban J connectivity index is 1.37. The van der Waals surface area contributed by atoms with Gasteiger partial charge in [0.25, 0.3) is 0 Å². The van der Waals surface area contributed by atoms with Gasteiger partial charge in [-0.25, -0.2) is 0 Å². The lowest BCUT2D eigenvalue weighted by Crippen LogP contribution is -2.17. The first-order valence-electron chi connectivity index (χ1n) is 13.1. The van der Waals surface area contributed by atoms with Crippen LogP contribution in [0.1, 0.15) is 49.9 Å². The summed E-state index contributed by atoms with van der Waals surface area (Å²) in [6.45, 7) is 9.49. The molecule has 0 fully saturated rings. The molecule has 0 unspecified atom stereocenters. The highest BCUT2D eigenvalue weighted by Gasteiger charge is 2.42. The average Bonchev–Trinajstić information content (AvgIpc) is 3.27. The minimum absolute atomic E-state index is 0.0352. The largest absolute Gasteiger partial charge is 0.497 e.